The number of nitrogens with one attached hydrogen (secondary N) is 4. The van der Waals surface area contributed by atoms with Crippen molar-refractivity contribution in [1.82, 2.24) is 20.9 Å². The molecule has 1 heterocycles. The first kappa shape index (κ1) is 32.6. The number of carboxylic acids is 2. The molecule has 0 aliphatic heterocycles. The SMILES string of the molecule is CC(C)CC(N)C(=O)NC(Cc1c[nH]c2ccccc12)C(=O)NC(Cc1ccc(O)cc1)C(=O)NC(CC(=O)O)C(=O)O. The van der Waals surface area contributed by atoms with Crippen molar-refractivity contribution in [3.8, 4) is 5.75 Å². The van der Waals surface area contributed by atoms with E-state index in [2.05, 4.69) is 20.9 Å². The number of aromatic hydroxyl groups is 1. The zero-order chi connectivity index (χ0) is 31.7. The average Bonchev–Trinajstić information content (AvgIpc) is 3.35. The molecule has 0 bridgehead atoms. The van der Waals surface area contributed by atoms with Gasteiger partial charge in [0.25, 0.3) is 0 Å². The number of rotatable bonds is 15. The third kappa shape index (κ3) is 9.57. The molecule has 1 aromatic heterocycles. The first-order valence-electron chi connectivity index (χ1n) is 13.8. The smallest absolute Gasteiger partial charge is 0.326 e. The van der Waals surface area contributed by atoms with Crippen LogP contribution in [0.15, 0.2) is 54.7 Å². The first-order chi connectivity index (χ1) is 20.3. The Labute approximate surface area is 247 Å². The Kier molecular flexibility index (Phi) is 11.2. The summed E-state index contributed by atoms with van der Waals surface area (Å²) >= 11 is 0. The Morgan fingerprint density at radius 2 is 1.40 bits per heavy atom. The van der Waals surface area contributed by atoms with Crippen molar-refractivity contribution >= 4 is 40.6 Å². The number of carbonyl (C=O) groups is 5. The van der Waals surface area contributed by atoms with E-state index in [1.54, 1.807) is 6.20 Å². The highest BCUT2D eigenvalue weighted by Gasteiger charge is 2.32. The number of phenols is 1. The number of aromatic nitrogens is 1. The summed E-state index contributed by atoms with van der Waals surface area (Å²) in [4.78, 5) is 65.9. The second-order valence-corrected chi connectivity index (χ2v) is 10.8. The van der Waals surface area contributed by atoms with E-state index in [9.17, 15) is 34.2 Å². The van der Waals surface area contributed by atoms with Gasteiger partial charge >= 0.3 is 11.9 Å². The molecule has 9 N–H and O–H groups in total. The maximum atomic E-state index is 13.7. The van der Waals surface area contributed by atoms with Crippen LogP contribution in [0.4, 0.5) is 0 Å². The van der Waals surface area contributed by atoms with Gasteiger partial charge in [-0.25, -0.2) is 4.79 Å². The minimum atomic E-state index is -1.75. The molecule has 4 unspecified atom stereocenters. The number of amides is 3. The van der Waals surface area contributed by atoms with E-state index in [0.29, 0.717) is 12.0 Å². The van der Waals surface area contributed by atoms with Crippen molar-refractivity contribution in [1.29, 1.82) is 0 Å². The van der Waals surface area contributed by atoms with Gasteiger partial charge in [0.15, 0.2) is 0 Å². The summed E-state index contributed by atoms with van der Waals surface area (Å²) < 4.78 is 0. The molecule has 4 atom stereocenters. The normalized spacial score (nSPS) is 14.0. The highest BCUT2D eigenvalue weighted by Crippen LogP contribution is 2.20. The maximum absolute atomic E-state index is 13.7. The molecule has 3 aromatic rings. The Morgan fingerprint density at radius 3 is 2.00 bits per heavy atom. The molecule has 13 nitrogen and oxygen atoms in total. The number of phenolic OH excluding ortho intramolecular Hbond substituents is 1. The molecule has 230 valence electrons. The van der Waals surface area contributed by atoms with Crippen molar-refractivity contribution in [2.24, 2.45) is 11.7 Å². The molecule has 0 aliphatic rings. The summed E-state index contributed by atoms with van der Waals surface area (Å²) in [7, 11) is 0. The van der Waals surface area contributed by atoms with E-state index in [0.717, 1.165) is 16.5 Å². The zero-order valence-corrected chi connectivity index (χ0v) is 23.9. The lowest BCUT2D eigenvalue weighted by Crippen LogP contribution is -2.58. The van der Waals surface area contributed by atoms with Gasteiger partial charge in [-0.15, -0.1) is 0 Å². The number of benzene rings is 2. The third-order valence-electron chi connectivity index (χ3n) is 6.80. The van der Waals surface area contributed by atoms with Crippen molar-refractivity contribution in [3.05, 3.63) is 65.9 Å². The summed E-state index contributed by atoms with van der Waals surface area (Å²) in [6.45, 7) is 3.81. The fourth-order valence-electron chi connectivity index (χ4n) is 4.62. The van der Waals surface area contributed by atoms with Crippen LogP contribution < -0.4 is 21.7 Å². The van der Waals surface area contributed by atoms with Crippen LogP contribution >= 0.6 is 0 Å². The van der Waals surface area contributed by atoms with Crippen molar-refractivity contribution in [3.63, 3.8) is 0 Å². The molecule has 13 heteroatoms. The second-order valence-electron chi connectivity index (χ2n) is 10.8. The van der Waals surface area contributed by atoms with Crippen LogP contribution in [0.2, 0.25) is 0 Å². The average molecular weight is 596 g/mol. The van der Waals surface area contributed by atoms with Gasteiger partial charge in [-0.1, -0.05) is 44.2 Å². The van der Waals surface area contributed by atoms with Crippen molar-refractivity contribution in [2.45, 2.75) is 63.7 Å². The fourth-order valence-corrected chi connectivity index (χ4v) is 4.62. The summed E-state index contributed by atoms with van der Waals surface area (Å²) in [5.74, 6) is -5.14. The minimum absolute atomic E-state index is 0.0274. The predicted molar refractivity (Wildman–Crippen MR) is 157 cm³/mol. The number of hydrogen-bond acceptors (Lipinski definition) is 7. The lowest BCUT2D eigenvalue weighted by atomic mass is 10.00. The molecular weight excluding hydrogens is 558 g/mol. The number of para-hydroxylation sites is 1. The van der Waals surface area contributed by atoms with Crippen LogP contribution in [0.1, 0.15) is 37.8 Å². The largest absolute Gasteiger partial charge is 0.508 e. The number of carboxylic acid groups (broad SMARTS) is 2. The van der Waals surface area contributed by atoms with Crippen LogP contribution in [0.5, 0.6) is 5.75 Å². The molecule has 0 saturated carbocycles. The Balaban J connectivity index is 1.91. The van der Waals surface area contributed by atoms with Crippen LogP contribution in [0.3, 0.4) is 0 Å². The molecular formula is C30H37N5O8. The Morgan fingerprint density at radius 1 is 0.814 bits per heavy atom. The zero-order valence-electron chi connectivity index (χ0n) is 23.9. The minimum Gasteiger partial charge on any atom is -0.508 e. The number of H-pyrrole nitrogens is 1. The van der Waals surface area contributed by atoms with Crippen LogP contribution in [0, 0.1) is 5.92 Å². The monoisotopic (exact) mass is 595 g/mol. The molecule has 0 aliphatic carbocycles. The molecule has 0 radical (unpaired) electrons. The first-order valence-corrected chi connectivity index (χ1v) is 13.8. The number of hydrogen-bond donors (Lipinski definition) is 8. The van der Waals surface area contributed by atoms with Gasteiger partial charge in [0.05, 0.1) is 12.5 Å². The molecule has 0 spiro atoms. The van der Waals surface area contributed by atoms with E-state index >= 15 is 0 Å². The Bertz CT molecular complexity index is 1450. The summed E-state index contributed by atoms with van der Waals surface area (Å²) in [6, 6.07) is 8.03. The number of nitrogens with two attached hydrogens (primary N) is 1. The lowest BCUT2D eigenvalue weighted by molar-refractivity contribution is -0.147. The van der Waals surface area contributed by atoms with Crippen LogP contribution in [-0.2, 0) is 36.8 Å². The predicted octanol–water partition coefficient (Wildman–Crippen LogP) is 1.05. The Hall–Kier alpha value is -4.91. The third-order valence-corrected chi connectivity index (χ3v) is 6.80. The number of carbonyl (C=O) groups excluding carboxylic acids is 3. The standard InChI is InChI=1S/C30H37N5O8/c1-16(2)11-21(31)27(39)33-24(13-18-15-32-22-6-4-3-5-20(18)22)29(41)34-23(12-17-7-9-19(36)10-8-17)28(40)35-25(30(42)43)14-26(37)38/h3-10,15-16,21,23-25,32,36H,11-14,31H2,1-2H3,(H,33,39)(H,34,41)(H,35,40)(H,37,38)(H,42,43). The maximum Gasteiger partial charge on any atom is 0.326 e. The van der Waals surface area contributed by atoms with E-state index in [4.69, 9.17) is 10.8 Å². The molecule has 3 rings (SSSR count). The fraction of sp³-hybridized carbons (Fsp3) is 0.367. The highest BCUT2D eigenvalue weighted by atomic mass is 16.4. The van der Waals surface area contributed by atoms with Gasteiger partial charge in [-0.05, 0) is 41.7 Å². The van der Waals surface area contributed by atoms with Gasteiger partial charge in [-0.2, -0.15) is 0 Å². The van der Waals surface area contributed by atoms with Crippen molar-refractivity contribution < 1.29 is 39.3 Å². The molecule has 3 amide bonds. The highest BCUT2D eigenvalue weighted by molar-refractivity contribution is 5.95. The summed E-state index contributed by atoms with van der Waals surface area (Å²) in [5.41, 5.74) is 8.14. The molecule has 0 fully saturated rings. The summed E-state index contributed by atoms with van der Waals surface area (Å²) in [5, 5.41) is 36.5. The molecule has 43 heavy (non-hydrogen) atoms. The van der Waals surface area contributed by atoms with Gasteiger partial charge in [-0.3, -0.25) is 19.2 Å². The van der Waals surface area contributed by atoms with Gasteiger partial charge in [0.2, 0.25) is 17.7 Å². The van der Waals surface area contributed by atoms with E-state index in [1.807, 2.05) is 38.1 Å². The van der Waals surface area contributed by atoms with E-state index in [-0.39, 0.29) is 24.5 Å². The number of aliphatic carboxylic acids is 2. The van der Waals surface area contributed by atoms with E-state index < -0.39 is 60.2 Å². The van der Waals surface area contributed by atoms with E-state index in [1.165, 1.54) is 24.3 Å². The number of fused-ring (bicyclic) bond motifs is 1. The van der Waals surface area contributed by atoms with Gasteiger partial charge in [0.1, 0.15) is 23.9 Å². The second kappa shape index (κ2) is 14.8. The quantitative estimate of drug-likeness (QED) is 0.125. The molecule has 2 aromatic carbocycles. The molecule has 0 saturated heterocycles. The lowest BCUT2D eigenvalue weighted by Gasteiger charge is -2.25. The van der Waals surface area contributed by atoms with Gasteiger partial charge < -0.3 is 42.0 Å². The van der Waals surface area contributed by atoms with Gasteiger partial charge in [0, 0.05) is 29.9 Å². The topological polar surface area (TPSA) is 224 Å². The van der Waals surface area contributed by atoms with Crippen LogP contribution in [-0.4, -0.2) is 74.1 Å². The van der Waals surface area contributed by atoms with Crippen molar-refractivity contribution in [2.75, 3.05) is 0 Å². The summed E-state index contributed by atoms with van der Waals surface area (Å²) in [6.07, 6.45) is 1.13. The van der Waals surface area contributed by atoms with Crippen LogP contribution in [0.25, 0.3) is 10.9 Å². The number of aromatic amines is 1.